The molecule has 1 aromatic heterocycles. The number of esters is 1. The van der Waals surface area contributed by atoms with Crippen molar-refractivity contribution < 1.29 is 19.1 Å². The van der Waals surface area contributed by atoms with Crippen LogP contribution in [0.2, 0.25) is 0 Å². The van der Waals surface area contributed by atoms with Crippen LogP contribution >= 0.6 is 11.3 Å². The zero-order valence-electron chi connectivity index (χ0n) is 19.7. The van der Waals surface area contributed by atoms with Gasteiger partial charge in [-0.15, -0.1) is 10.2 Å². The van der Waals surface area contributed by atoms with Crippen molar-refractivity contribution in [1.82, 2.24) is 15.6 Å². The topological polar surface area (TPSA) is 123 Å². The van der Waals surface area contributed by atoms with Gasteiger partial charge >= 0.3 is 17.8 Å². The summed E-state index contributed by atoms with van der Waals surface area (Å²) >= 11 is 1.14. The molecule has 4 aromatic carbocycles. The number of fused-ring (bicyclic) bond motifs is 1. The number of benzene rings is 4. The van der Waals surface area contributed by atoms with Gasteiger partial charge in [-0.2, -0.15) is 5.10 Å². The third kappa shape index (κ3) is 5.61. The Bertz CT molecular complexity index is 1650. The zero-order chi connectivity index (χ0) is 26.3. The largest absolute Gasteiger partial charge is 0.422 e. The fraction of sp³-hybridized carbons (Fsp3) is 0. The molecule has 186 valence electrons. The SMILES string of the molecule is O=C(N/N=C/c1c(OC(=O)c2ccccc2)ccc2ccccc12)C(=O)Nc1nnc(-c2ccccc2)s1. The van der Waals surface area contributed by atoms with Gasteiger partial charge in [-0.05, 0) is 29.0 Å². The fourth-order valence-corrected chi connectivity index (χ4v) is 4.31. The van der Waals surface area contributed by atoms with Crippen molar-refractivity contribution >= 4 is 51.2 Å². The number of carbonyl (C=O) groups is 3. The lowest BCUT2D eigenvalue weighted by molar-refractivity contribution is -0.136. The van der Waals surface area contributed by atoms with Crippen LogP contribution in [0.25, 0.3) is 21.3 Å². The molecule has 9 nitrogen and oxygen atoms in total. The predicted octanol–water partition coefficient (Wildman–Crippen LogP) is 4.67. The lowest BCUT2D eigenvalue weighted by atomic mass is 10.0. The van der Waals surface area contributed by atoms with E-state index in [9.17, 15) is 14.4 Å². The average molecular weight is 522 g/mol. The van der Waals surface area contributed by atoms with Gasteiger partial charge in [0.15, 0.2) is 0 Å². The number of hydrogen-bond donors (Lipinski definition) is 2. The summed E-state index contributed by atoms with van der Waals surface area (Å²) in [5.74, 6) is -2.24. The standard InChI is InChI=1S/C28H19N5O4S/c34-24(30-28-33-32-26(38-28)19-10-3-1-4-11-19)25(35)31-29-17-22-21-14-8-7-9-18(21)15-16-23(22)37-27(36)20-12-5-2-6-13-20/h1-17H,(H,31,35)(H,30,33,34)/b29-17+. The second kappa shape index (κ2) is 11.2. The van der Waals surface area contributed by atoms with Crippen LogP contribution in [0, 0.1) is 0 Å². The number of rotatable bonds is 6. The minimum absolute atomic E-state index is 0.178. The number of ether oxygens (including phenoxy) is 1. The molecular formula is C28H19N5O4S. The van der Waals surface area contributed by atoms with Crippen LogP contribution in [0.1, 0.15) is 15.9 Å². The van der Waals surface area contributed by atoms with Crippen molar-refractivity contribution in [1.29, 1.82) is 0 Å². The van der Waals surface area contributed by atoms with Gasteiger partial charge in [0.2, 0.25) is 5.13 Å². The fourth-order valence-electron chi connectivity index (χ4n) is 3.56. The Kier molecular flexibility index (Phi) is 7.23. The number of aromatic nitrogens is 2. The van der Waals surface area contributed by atoms with E-state index in [4.69, 9.17) is 4.74 Å². The number of anilines is 1. The monoisotopic (exact) mass is 521 g/mol. The van der Waals surface area contributed by atoms with E-state index in [1.807, 2.05) is 60.7 Å². The number of amides is 2. The van der Waals surface area contributed by atoms with Gasteiger partial charge in [-0.1, -0.05) is 90.2 Å². The summed E-state index contributed by atoms with van der Waals surface area (Å²) in [6.07, 6.45) is 1.33. The zero-order valence-corrected chi connectivity index (χ0v) is 20.5. The van der Waals surface area contributed by atoms with Crippen LogP contribution in [0.4, 0.5) is 5.13 Å². The van der Waals surface area contributed by atoms with Gasteiger partial charge in [0.05, 0.1) is 11.8 Å². The summed E-state index contributed by atoms with van der Waals surface area (Å²) in [4.78, 5) is 37.4. The van der Waals surface area contributed by atoms with Gasteiger partial charge in [0, 0.05) is 11.1 Å². The molecule has 0 aliphatic heterocycles. The lowest BCUT2D eigenvalue weighted by Gasteiger charge is -2.10. The number of nitrogens with zero attached hydrogens (tertiary/aromatic N) is 3. The van der Waals surface area contributed by atoms with Crippen molar-refractivity contribution in [2.75, 3.05) is 5.32 Å². The first-order valence-corrected chi connectivity index (χ1v) is 12.2. The highest BCUT2D eigenvalue weighted by Crippen LogP contribution is 2.28. The Morgan fingerprint density at radius 3 is 2.29 bits per heavy atom. The highest BCUT2D eigenvalue weighted by Gasteiger charge is 2.17. The molecule has 0 fully saturated rings. The van der Waals surface area contributed by atoms with Crippen molar-refractivity contribution in [3.63, 3.8) is 0 Å². The molecule has 2 N–H and O–H groups in total. The molecule has 0 spiro atoms. The second-order valence-electron chi connectivity index (χ2n) is 7.89. The molecule has 5 rings (SSSR count). The van der Waals surface area contributed by atoms with Gasteiger partial charge in [0.1, 0.15) is 10.8 Å². The molecule has 0 unspecified atom stereocenters. The molecule has 0 saturated heterocycles. The molecule has 38 heavy (non-hydrogen) atoms. The van der Waals surface area contributed by atoms with E-state index in [1.54, 1.807) is 36.4 Å². The maximum Gasteiger partial charge on any atom is 0.343 e. The Hall–Kier alpha value is -5.22. The molecule has 0 atom stereocenters. The highest BCUT2D eigenvalue weighted by atomic mass is 32.1. The van der Waals surface area contributed by atoms with Crippen molar-refractivity contribution in [2.24, 2.45) is 5.10 Å². The molecule has 2 amide bonds. The van der Waals surface area contributed by atoms with Gasteiger partial charge in [-0.25, -0.2) is 10.2 Å². The molecule has 5 aromatic rings. The smallest absolute Gasteiger partial charge is 0.343 e. The van der Waals surface area contributed by atoms with Crippen LogP contribution < -0.4 is 15.5 Å². The number of hydrazone groups is 1. The summed E-state index contributed by atoms with van der Waals surface area (Å²) in [6, 6.07) is 28.8. The number of carbonyl (C=O) groups excluding carboxylic acids is 3. The van der Waals surface area contributed by atoms with Gasteiger partial charge < -0.3 is 4.74 Å². The summed E-state index contributed by atoms with van der Waals surface area (Å²) in [5.41, 5.74) is 3.90. The van der Waals surface area contributed by atoms with Crippen molar-refractivity contribution in [2.45, 2.75) is 0 Å². The maximum atomic E-state index is 12.6. The van der Waals surface area contributed by atoms with Gasteiger partial charge in [-0.3, -0.25) is 14.9 Å². The second-order valence-corrected chi connectivity index (χ2v) is 8.86. The minimum atomic E-state index is -0.999. The van der Waals surface area contributed by atoms with Crippen LogP contribution in [0.5, 0.6) is 5.75 Å². The van der Waals surface area contributed by atoms with Crippen LogP contribution in [0.15, 0.2) is 102 Å². The van der Waals surface area contributed by atoms with Crippen LogP contribution in [0.3, 0.4) is 0 Å². The average Bonchev–Trinajstić information content (AvgIpc) is 3.43. The summed E-state index contributed by atoms with van der Waals surface area (Å²) in [6.45, 7) is 0. The maximum absolute atomic E-state index is 12.6. The predicted molar refractivity (Wildman–Crippen MR) is 145 cm³/mol. The van der Waals surface area contributed by atoms with Crippen molar-refractivity contribution in [3.05, 3.63) is 108 Å². The normalized spacial score (nSPS) is 10.8. The van der Waals surface area contributed by atoms with Gasteiger partial charge in [0.25, 0.3) is 0 Å². The number of nitrogens with one attached hydrogen (secondary N) is 2. The van der Waals surface area contributed by atoms with E-state index < -0.39 is 17.8 Å². The van der Waals surface area contributed by atoms with E-state index in [2.05, 4.69) is 26.0 Å². The molecule has 0 radical (unpaired) electrons. The Morgan fingerprint density at radius 2 is 1.50 bits per heavy atom. The summed E-state index contributed by atoms with van der Waals surface area (Å²) in [5, 5.41) is 16.7. The molecule has 10 heteroatoms. The van der Waals surface area contributed by atoms with Crippen molar-refractivity contribution in [3.8, 4) is 16.3 Å². The first-order chi connectivity index (χ1) is 18.6. The van der Waals surface area contributed by atoms with E-state index in [0.29, 0.717) is 16.1 Å². The van der Waals surface area contributed by atoms with Crippen LogP contribution in [-0.2, 0) is 9.59 Å². The van der Waals surface area contributed by atoms with E-state index in [0.717, 1.165) is 27.7 Å². The molecule has 0 bridgehead atoms. The first-order valence-electron chi connectivity index (χ1n) is 11.4. The quantitative estimate of drug-likeness (QED) is 0.110. The van der Waals surface area contributed by atoms with E-state index >= 15 is 0 Å². The van der Waals surface area contributed by atoms with E-state index in [-0.39, 0.29) is 10.9 Å². The first kappa shape index (κ1) is 24.5. The Balaban J connectivity index is 1.30. The summed E-state index contributed by atoms with van der Waals surface area (Å²) in [7, 11) is 0. The number of hydrogen-bond acceptors (Lipinski definition) is 8. The molecule has 0 saturated carbocycles. The molecule has 1 heterocycles. The minimum Gasteiger partial charge on any atom is -0.422 e. The molecule has 0 aliphatic carbocycles. The molecular weight excluding hydrogens is 502 g/mol. The third-order valence-corrected chi connectivity index (χ3v) is 6.26. The molecule has 0 aliphatic rings. The third-order valence-electron chi connectivity index (χ3n) is 5.38. The van der Waals surface area contributed by atoms with Crippen LogP contribution in [-0.4, -0.2) is 34.2 Å². The highest BCUT2D eigenvalue weighted by molar-refractivity contribution is 7.18. The summed E-state index contributed by atoms with van der Waals surface area (Å²) < 4.78 is 5.63. The Morgan fingerprint density at radius 1 is 0.789 bits per heavy atom. The van der Waals surface area contributed by atoms with E-state index in [1.165, 1.54) is 6.21 Å². The lowest BCUT2D eigenvalue weighted by Crippen LogP contribution is -2.32. The Labute approximate surface area is 220 Å².